The first kappa shape index (κ1) is 13.6. The Morgan fingerprint density at radius 2 is 1.71 bits per heavy atom. The smallest absolute Gasteiger partial charge is 0.119 e. The van der Waals surface area contributed by atoms with Gasteiger partial charge in [0, 0.05) is 5.92 Å². The van der Waals surface area contributed by atoms with Gasteiger partial charge in [-0.25, -0.2) is 0 Å². The second-order valence-electron chi connectivity index (χ2n) is 6.59. The van der Waals surface area contributed by atoms with Crippen molar-refractivity contribution >= 4 is 21.9 Å². The van der Waals surface area contributed by atoms with E-state index < -0.39 is 0 Å². The van der Waals surface area contributed by atoms with Gasteiger partial charge in [0.15, 0.2) is 0 Å². The van der Waals surface area contributed by atoms with Gasteiger partial charge in [-0.3, -0.25) is 0 Å². The molecule has 0 bridgehead atoms. The van der Waals surface area contributed by atoms with Gasteiger partial charge in [0.25, 0.3) is 0 Å². The molecule has 0 spiro atoms. The molecule has 0 saturated carbocycles. The lowest BCUT2D eigenvalue weighted by Gasteiger charge is -2.36. The first-order chi connectivity index (χ1) is 11.8. The first-order valence-corrected chi connectivity index (χ1v) is 8.42. The highest BCUT2D eigenvalue weighted by Gasteiger charge is 2.33. The Balaban J connectivity index is 1.53. The van der Waals surface area contributed by atoms with Crippen molar-refractivity contribution in [1.82, 2.24) is 0 Å². The maximum Gasteiger partial charge on any atom is 0.119 e. The van der Waals surface area contributed by atoms with E-state index in [-0.39, 0.29) is 0 Å². The van der Waals surface area contributed by atoms with Crippen molar-refractivity contribution < 1.29 is 4.74 Å². The van der Waals surface area contributed by atoms with Crippen molar-refractivity contribution in [3.63, 3.8) is 0 Å². The SMILES string of the molecule is COc1ccc2cc(C3=CC=C4c5ccccc5C4C3)ccc2c1. The van der Waals surface area contributed by atoms with E-state index >= 15 is 0 Å². The molecular weight excluding hydrogens is 292 g/mol. The van der Waals surface area contributed by atoms with Crippen LogP contribution in [-0.4, -0.2) is 7.11 Å². The Hall–Kier alpha value is -2.80. The average molecular weight is 310 g/mol. The molecular formula is C23H18O. The van der Waals surface area contributed by atoms with Gasteiger partial charge in [0.05, 0.1) is 7.11 Å². The maximum atomic E-state index is 5.32. The predicted molar refractivity (Wildman–Crippen MR) is 100 cm³/mol. The standard InChI is InChI=1S/C23H18O/c1-24-19-10-8-16-12-15(6-7-17(16)13-19)18-9-11-22-20-4-2-3-5-21(20)23(22)14-18/h2-13,23H,14H2,1H3. The second kappa shape index (κ2) is 5.10. The average Bonchev–Trinajstić information content (AvgIpc) is 2.65. The highest BCUT2D eigenvalue weighted by molar-refractivity contribution is 5.92. The van der Waals surface area contributed by atoms with Gasteiger partial charge in [-0.05, 0) is 63.2 Å². The van der Waals surface area contributed by atoms with Crippen LogP contribution in [0.1, 0.15) is 29.0 Å². The molecule has 0 radical (unpaired) electrons. The van der Waals surface area contributed by atoms with Crippen LogP contribution in [0, 0.1) is 0 Å². The highest BCUT2D eigenvalue weighted by atomic mass is 16.5. The summed E-state index contributed by atoms with van der Waals surface area (Å²) in [6.45, 7) is 0. The van der Waals surface area contributed by atoms with Gasteiger partial charge < -0.3 is 4.74 Å². The summed E-state index contributed by atoms with van der Waals surface area (Å²) in [5.41, 5.74) is 7.19. The number of ether oxygens (including phenoxy) is 1. The Labute approximate surface area is 141 Å². The third-order valence-electron chi connectivity index (χ3n) is 5.33. The van der Waals surface area contributed by atoms with Crippen LogP contribution >= 0.6 is 0 Å². The molecule has 0 amide bonds. The van der Waals surface area contributed by atoms with Crippen molar-refractivity contribution in [2.24, 2.45) is 0 Å². The zero-order chi connectivity index (χ0) is 16.1. The second-order valence-corrected chi connectivity index (χ2v) is 6.59. The summed E-state index contributed by atoms with van der Waals surface area (Å²) in [5, 5.41) is 2.48. The Morgan fingerprint density at radius 3 is 2.62 bits per heavy atom. The molecule has 1 heteroatoms. The molecule has 1 nitrogen and oxygen atoms in total. The molecule has 5 rings (SSSR count). The molecule has 0 N–H and O–H groups in total. The molecule has 24 heavy (non-hydrogen) atoms. The summed E-state index contributed by atoms with van der Waals surface area (Å²) in [6, 6.07) is 21.8. The van der Waals surface area contributed by atoms with Crippen LogP contribution in [-0.2, 0) is 0 Å². The van der Waals surface area contributed by atoms with Crippen LogP contribution in [0.5, 0.6) is 5.75 Å². The van der Waals surface area contributed by atoms with E-state index in [0.29, 0.717) is 5.92 Å². The normalized spacial score (nSPS) is 18.1. The van der Waals surface area contributed by atoms with Gasteiger partial charge in [-0.2, -0.15) is 0 Å². The minimum Gasteiger partial charge on any atom is -0.497 e. The van der Waals surface area contributed by atoms with E-state index in [4.69, 9.17) is 4.74 Å². The lowest BCUT2D eigenvalue weighted by Crippen LogP contribution is -2.18. The van der Waals surface area contributed by atoms with E-state index in [1.165, 1.54) is 38.6 Å². The summed E-state index contributed by atoms with van der Waals surface area (Å²) >= 11 is 0. The fourth-order valence-electron chi connectivity index (χ4n) is 4.01. The molecule has 0 aliphatic heterocycles. The van der Waals surface area contributed by atoms with Crippen molar-refractivity contribution in [2.45, 2.75) is 12.3 Å². The highest BCUT2D eigenvalue weighted by Crippen LogP contribution is 2.52. The summed E-state index contributed by atoms with van der Waals surface area (Å²) in [5.74, 6) is 1.48. The topological polar surface area (TPSA) is 9.23 Å². The zero-order valence-corrected chi connectivity index (χ0v) is 13.6. The molecule has 3 aromatic carbocycles. The van der Waals surface area contributed by atoms with Crippen molar-refractivity contribution in [1.29, 1.82) is 0 Å². The Kier molecular flexibility index (Phi) is 2.90. The third-order valence-corrected chi connectivity index (χ3v) is 5.33. The quantitative estimate of drug-likeness (QED) is 0.580. The van der Waals surface area contributed by atoms with E-state index in [1.807, 2.05) is 6.07 Å². The molecule has 0 aromatic heterocycles. The van der Waals surface area contributed by atoms with Gasteiger partial charge in [-0.1, -0.05) is 54.6 Å². The summed E-state index contributed by atoms with van der Waals surface area (Å²) in [4.78, 5) is 0. The zero-order valence-electron chi connectivity index (χ0n) is 13.6. The van der Waals surface area contributed by atoms with E-state index in [9.17, 15) is 0 Å². The monoisotopic (exact) mass is 310 g/mol. The number of hydrogen-bond acceptors (Lipinski definition) is 1. The number of rotatable bonds is 2. The van der Waals surface area contributed by atoms with Crippen molar-refractivity contribution in [3.8, 4) is 5.75 Å². The summed E-state index contributed by atoms with van der Waals surface area (Å²) in [7, 11) is 1.71. The molecule has 2 aliphatic carbocycles. The van der Waals surface area contributed by atoms with Gasteiger partial charge >= 0.3 is 0 Å². The number of fused-ring (bicyclic) bond motifs is 5. The fourth-order valence-corrected chi connectivity index (χ4v) is 4.01. The number of methoxy groups -OCH3 is 1. The number of allylic oxidation sites excluding steroid dienone is 4. The molecule has 0 heterocycles. The van der Waals surface area contributed by atoms with Crippen LogP contribution in [0.25, 0.3) is 21.9 Å². The summed E-state index contributed by atoms with van der Waals surface area (Å²) in [6.07, 6.45) is 5.71. The summed E-state index contributed by atoms with van der Waals surface area (Å²) < 4.78 is 5.32. The minimum absolute atomic E-state index is 0.577. The van der Waals surface area contributed by atoms with Crippen LogP contribution in [0.2, 0.25) is 0 Å². The predicted octanol–water partition coefficient (Wildman–Crippen LogP) is 5.82. The molecule has 116 valence electrons. The molecule has 2 aliphatic rings. The van der Waals surface area contributed by atoms with Crippen molar-refractivity contribution in [2.75, 3.05) is 7.11 Å². The van der Waals surface area contributed by atoms with Gasteiger partial charge in [-0.15, -0.1) is 0 Å². The minimum atomic E-state index is 0.577. The van der Waals surface area contributed by atoms with E-state index in [1.54, 1.807) is 7.11 Å². The van der Waals surface area contributed by atoms with Crippen LogP contribution in [0.3, 0.4) is 0 Å². The Bertz CT molecular complexity index is 1020. The maximum absolute atomic E-state index is 5.32. The van der Waals surface area contributed by atoms with E-state index in [0.717, 1.165) is 12.2 Å². The van der Waals surface area contributed by atoms with Gasteiger partial charge in [0.2, 0.25) is 0 Å². The lowest BCUT2D eigenvalue weighted by atomic mass is 9.67. The molecule has 1 atom stereocenters. The number of hydrogen-bond donors (Lipinski definition) is 0. The fraction of sp³-hybridized carbons (Fsp3) is 0.130. The van der Waals surface area contributed by atoms with Crippen LogP contribution in [0.4, 0.5) is 0 Å². The molecule has 3 aromatic rings. The van der Waals surface area contributed by atoms with Crippen LogP contribution < -0.4 is 4.74 Å². The van der Waals surface area contributed by atoms with Gasteiger partial charge in [0.1, 0.15) is 5.75 Å². The van der Waals surface area contributed by atoms with Crippen LogP contribution in [0.15, 0.2) is 72.8 Å². The molecule has 0 saturated heterocycles. The molecule has 1 unspecified atom stereocenters. The number of benzene rings is 3. The Morgan fingerprint density at radius 1 is 0.875 bits per heavy atom. The lowest BCUT2D eigenvalue weighted by molar-refractivity contribution is 0.415. The third kappa shape index (κ3) is 1.94. The first-order valence-electron chi connectivity index (χ1n) is 8.42. The van der Waals surface area contributed by atoms with Crippen molar-refractivity contribution in [3.05, 3.63) is 89.5 Å². The molecule has 0 fully saturated rings. The largest absolute Gasteiger partial charge is 0.497 e. The van der Waals surface area contributed by atoms with E-state index in [2.05, 4.69) is 66.7 Å².